The van der Waals surface area contributed by atoms with E-state index in [1.807, 2.05) is 66.7 Å². The van der Waals surface area contributed by atoms with Gasteiger partial charge in [0.05, 0.1) is 11.9 Å². The second kappa shape index (κ2) is 9.20. The SMILES string of the molecule is O=c1c2ccccc2c(-c2nnc(SCCc3ccccc3)o2)nn1Cc1ccccc1. The molecule has 5 rings (SSSR count). The maximum atomic E-state index is 13.0. The van der Waals surface area contributed by atoms with Crippen LogP contribution in [0.1, 0.15) is 11.1 Å². The average molecular weight is 441 g/mol. The molecule has 0 saturated heterocycles. The minimum Gasteiger partial charge on any atom is -0.410 e. The van der Waals surface area contributed by atoms with Gasteiger partial charge in [-0.05, 0) is 23.6 Å². The van der Waals surface area contributed by atoms with E-state index in [9.17, 15) is 4.79 Å². The van der Waals surface area contributed by atoms with Gasteiger partial charge in [-0.2, -0.15) is 5.10 Å². The first kappa shape index (κ1) is 20.2. The summed E-state index contributed by atoms with van der Waals surface area (Å²) in [6.45, 7) is 0.365. The zero-order valence-corrected chi connectivity index (χ0v) is 18.0. The quantitative estimate of drug-likeness (QED) is 0.338. The van der Waals surface area contributed by atoms with E-state index in [0.717, 1.165) is 17.7 Å². The van der Waals surface area contributed by atoms with Crippen LogP contribution in [0.15, 0.2) is 99.4 Å². The van der Waals surface area contributed by atoms with Gasteiger partial charge in [-0.1, -0.05) is 90.6 Å². The maximum absolute atomic E-state index is 13.0. The van der Waals surface area contributed by atoms with E-state index in [1.165, 1.54) is 22.0 Å². The molecule has 158 valence electrons. The first-order valence-electron chi connectivity index (χ1n) is 10.3. The lowest BCUT2D eigenvalue weighted by Gasteiger charge is -2.09. The molecule has 0 N–H and O–H groups in total. The summed E-state index contributed by atoms with van der Waals surface area (Å²) in [7, 11) is 0. The lowest BCUT2D eigenvalue weighted by atomic mass is 10.1. The monoisotopic (exact) mass is 440 g/mol. The summed E-state index contributed by atoms with van der Waals surface area (Å²) in [6.07, 6.45) is 0.909. The number of benzene rings is 3. The molecule has 0 saturated carbocycles. The van der Waals surface area contributed by atoms with Gasteiger partial charge < -0.3 is 4.42 Å². The average Bonchev–Trinajstić information content (AvgIpc) is 3.31. The molecule has 32 heavy (non-hydrogen) atoms. The highest BCUT2D eigenvalue weighted by atomic mass is 32.2. The van der Waals surface area contributed by atoms with Gasteiger partial charge in [-0.15, -0.1) is 10.2 Å². The fraction of sp³-hybridized carbons (Fsp3) is 0.120. The molecular weight excluding hydrogens is 420 g/mol. The second-order valence-corrected chi connectivity index (χ2v) is 8.35. The molecule has 0 aliphatic heterocycles. The molecule has 0 spiro atoms. The molecule has 0 unspecified atom stereocenters. The van der Waals surface area contributed by atoms with Crippen molar-refractivity contribution in [3.05, 3.63) is 106 Å². The number of aromatic nitrogens is 4. The lowest BCUT2D eigenvalue weighted by Crippen LogP contribution is -2.24. The Morgan fingerprint density at radius 1 is 0.781 bits per heavy atom. The summed E-state index contributed by atoms with van der Waals surface area (Å²) < 4.78 is 7.38. The third-order valence-corrected chi connectivity index (χ3v) is 5.93. The summed E-state index contributed by atoms with van der Waals surface area (Å²) in [5.41, 5.74) is 2.62. The van der Waals surface area contributed by atoms with Gasteiger partial charge in [0.25, 0.3) is 16.7 Å². The molecule has 3 aromatic carbocycles. The van der Waals surface area contributed by atoms with Gasteiger partial charge in [0, 0.05) is 11.1 Å². The number of rotatable bonds is 7. The zero-order valence-electron chi connectivity index (χ0n) is 17.2. The smallest absolute Gasteiger partial charge is 0.276 e. The largest absolute Gasteiger partial charge is 0.410 e. The van der Waals surface area contributed by atoms with Crippen LogP contribution in [0.25, 0.3) is 22.4 Å². The van der Waals surface area contributed by atoms with Crippen LogP contribution in [0.5, 0.6) is 0 Å². The minimum atomic E-state index is -0.148. The van der Waals surface area contributed by atoms with Crippen LogP contribution < -0.4 is 5.56 Å². The third-order valence-electron chi connectivity index (χ3n) is 5.11. The Hall–Kier alpha value is -3.71. The number of hydrogen-bond acceptors (Lipinski definition) is 6. The molecule has 7 heteroatoms. The fourth-order valence-corrected chi connectivity index (χ4v) is 4.27. The van der Waals surface area contributed by atoms with Crippen molar-refractivity contribution in [3.8, 4) is 11.6 Å². The van der Waals surface area contributed by atoms with Crippen molar-refractivity contribution < 1.29 is 4.42 Å². The number of hydrogen-bond donors (Lipinski definition) is 0. The summed E-state index contributed by atoms with van der Waals surface area (Å²) in [4.78, 5) is 13.0. The second-order valence-electron chi connectivity index (χ2n) is 7.30. The van der Waals surface area contributed by atoms with Gasteiger partial charge in [-0.3, -0.25) is 4.79 Å². The Morgan fingerprint density at radius 3 is 2.19 bits per heavy atom. The van der Waals surface area contributed by atoms with Crippen molar-refractivity contribution in [2.24, 2.45) is 0 Å². The Labute approximate surface area is 188 Å². The predicted octanol–water partition coefficient (Wildman–Crippen LogP) is 4.83. The van der Waals surface area contributed by atoms with Crippen molar-refractivity contribution in [1.82, 2.24) is 20.0 Å². The first-order valence-corrected chi connectivity index (χ1v) is 11.3. The standard InChI is InChI=1S/C25H20N4O2S/c30-24-21-14-8-7-13-20(21)22(28-29(24)17-19-11-5-2-6-12-19)23-26-27-25(31-23)32-16-15-18-9-3-1-4-10-18/h1-14H,15-17H2. The molecule has 0 atom stereocenters. The maximum Gasteiger partial charge on any atom is 0.276 e. The van der Waals surface area contributed by atoms with E-state index in [1.54, 1.807) is 6.07 Å². The van der Waals surface area contributed by atoms with Crippen molar-refractivity contribution in [2.45, 2.75) is 18.2 Å². The van der Waals surface area contributed by atoms with Crippen molar-refractivity contribution in [3.63, 3.8) is 0 Å². The fourth-order valence-electron chi connectivity index (χ4n) is 3.52. The molecule has 6 nitrogen and oxygen atoms in total. The Morgan fingerprint density at radius 2 is 1.44 bits per heavy atom. The lowest BCUT2D eigenvalue weighted by molar-refractivity contribution is 0.463. The first-order chi connectivity index (χ1) is 15.8. The van der Waals surface area contributed by atoms with E-state index in [4.69, 9.17) is 4.42 Å². The molecule has 0 aliphatic carbocycles. The highest BCUT2D eigenvalue weighted by Gasteiger charge is 2.18. The van der Waals surface area contributed by atoms with Crippen LogP contribution in [0, 0.1) is 0 Å². The number of fused-ring (bicyclic) bond motifs is 1. The van der Waals surface area contributed by atoms with Crippen molar-refractivity contribution >= 4 is 22.5 Å². The molecule has 0 bridgehead atoms. The number of thioether (sulfide) groups is 1. The van der Waals surface area contributed by atoms with Crippen LogP contribution >= 0.6 is 11.8 Å². The zero-order chi connectivity index (χ0) is 21.8. The van der Waals surface area contributed by atoms with Crippen LogP contribution in [-0.2, 0) is 13.0 Å². The summed E-state index contributed by atoms with van der Waals surface area (Å²) in [5.74, 6) is 1.14. The van der Waals surface area contributed by atoms with Crippen LogP contribution in [0.4, 0.5) is 0 Å². The molecule has 0 amide bonds. The summed E-state index contributed by atoms with van der Waals surface area (Å²) in [6, 6.07) is 27.4. The van der Waals surface area contributed by atoms with E-state index in [-0.39, 0.29) is 5.56 Å². The predicted molar refractivity (Wildman–Crippen MR) is 126 cm³/mol. The Kier molecular flexibility index (Phi) is 5.81. The topological polar surface area (TPSA) is 73.8 Å². The van der Waals surface area contributed by atoms with Crippen LogP contribution in [0.2, 0.25) is 0 Å². The Bertz CT molecular complexity index is 1400. The molecule has 0 aliphatic rings. The molecule has 0 radical (unpaired) electrons. The molecule has 2 heterocycles. The van der Waals surface area contributed by atoms with E-state index < -0.39 is 0 Å². The molecule has 2 aromatic heterocycles. The third kappa shape index (κ3) is 4.33. The molecular formula is C25H20N4O2S. The van der Waals surface area contributed by atoms with Gasteiger partial charge in [0.2, 0.25) is 0 Å². The van der Waals surface area contributed by atoms with E-state index in [2.05, 4.69) is 27.4 Å². The number of aryl methyl sites for hydroxylation is 1. The van der Waals surface area contributed by atoms with E-state index >= 15 is 0 Å². The minimum absolute atomic E-state index is 0.148. The molecule has 5 aromatic rings. The van der Waals surface area contributed by atoms with Crippen molar-refractivity contribution in [1.29, 1.82) is 0 Å². The molecule has 0 fully saturated rings. The van der Waals surface area contributed by atoms with Crippen molar-refractivity contribution in [2.75, 3.05) is 5.75 Å². The Balaban J connectivity index is 1.44. The number of nitrogens with zero attached hydrogens (tertiary/aromatic N) is 4. The highest BCUT2D eigenvalue weighted by molar-refractivity contribution is 7.99. The van der Waals surface area contributed by atoms with Gasteiger partial charge >= 0.3 is 0 Å². The van der Waals surface area contributed by atoms with Crippen LogP contribution in [0.3, 0.4) is 0 Å². The highest BCUT2D eigenvalue weighted by Crippen LogP contribution is 2.27. The summed E-state index contributed by atoms with van der Waals surface area (Å²) >= 11 is 1.51. The summed E-state index contributed by atoms with van der Waals surface area (Å²) in [5, 5.41) is 14.8. The van der Waals surface area contributed by atoms with Crippen LogP contribution in [-0.4, -0.2) is 25.7 Å². The van der Waals surface area contributed by atoms with Gasteiger partial charge in [0.1, 0.15) is 0 Å². The van der Waals surface area contributed by atoms with E-state index in [0.29, 0.717) is 34.1 Å². The van der Waals surface area contributed by atoms with Gasteiger partial charge in [0.15, 0.2) is 5.69 Å². The van der Waals surface area contributed by atoms with Gasteiger partial charge in [-0.25, -0.2) is 4.68 Å². The normalized spacial score (nSPS) is 11.1.